The Morgan fingerprint density at radius 2 is 1.55 bits per heavy atom. The average Bonchev–Trinajstić information content (AvgIpc) is 2.55. The summed E-state index contributed by atoms with van der Waals surface area (Å²) in [5.41, 5.74) is 5.10. The Hall–Kier alpha value is -1.70. The molecule has 0 heterocycles. The number of hydrogen-bond acceptors (Lipinski definition) is 2. The van der Waals surface area contributed by atoms with Crippen LogP contribution >= 0.6 is 0 Å². The first-order valence-corrected chi connectivity index (χ1v) is 7.82. The molecule has 0 aromatic heterocycles. The molecule has 0 bridgehead atoms. The second-order valence-corrected chi connectivity index (χ2v) is 5.64. The highest BCUT2D eigenvalue weighted by atomic mass is 15.1. The van der Waals surface area contributed by atoms with E-state index in [2.05, 4.69) is 46.6 Å². The fourth-order valence-corrected chi connectivity index (χ4v) is 2.99. The zero-order valence-corrected chi connectivity index (χ0v) is 12.0. The van der Waals surface area contributed by atoms with Crippen molar-refractivity contribution in [2.75, 3.05) is 0 Å². The van der Waals surface area contributed by atoms with Gasteiger partial charge in [-0.25, -0.2) is 0 Å². The lowest BCUT2D eigenvalue weighted by molar-refractivity contribution is 0.675. The molecule has 0 radical (unpaired) electrons. The molecular weight excluding hydrogens is 244 g/mol. The highest BCUT2D eigenvalue weighted by Gasteiger charge is 2.14. The second-order valence-electron chi connectivity index (χ2n) is 5.64. The molecule has 0 saturated carbocycles. The van der Waals surface area contributed by atoms with E-state index in [-0.39, 0.29) is 0 Å². The van der Waals surface area contributed by atoms with Crippen molar-refractivity contribution in [1.82, 2.24) is 0 Å². The summed E-state index contributed by atoms with van der Waals surface area (Å²) in [4.78, 5) is 0. The highest BCUT2D eigenvalue weighted by molar-refractivity contribution is 5.69. The molecule has 0 atom stereocenters. The topological polar surface area (TPSA) is 24.7 Å². The zero-order chi connectivity index (χ0) is 13.6. The van der Waals surface area contributed by atoms with Gasteiger partial charge in [-0.2, -0.15) is 10.2 Å². The maximum absolute atomic E-state index is 4.60. The molecule has 0 unspecified atom stereocenters. The van der Waals surface area contributed by atoms with Gasteiger partial charge in [0.05, 0.1) is 11.4 Å². The Balaban J connectivity index is 1.85. The number of azo groups is 1. The number of rotatable bonds is 3. The molecular formula is C18H22N2. The molecule has 0 fully saturated rings. The van der Waals surface area contributed by atoms with Gasteiger partial charge in [0.25, 0.3) is 0 Å². The SMILES string of the molecule is C1=C(N=NC2=C(c3ccccc3)CCCC2)CCCC1. The third-order valence-electron chi connectivity index (χ3n) is 4.13. The number of nitrogens with zero attached hydrogens (tertiary/aromatic N) is 2. The second kappa shape index (κ2) is 6.65. The number of allylic oxidation sites excluding steroid dienone is 4. The Labute approximate surface area is 121 Å². The molecule has 1 aromatic carbocycles. The zero-order valence-electron chi connectivity index (χ0n) is 12.0. The fourth-order valence-electron chi connectivity index (χ4n) is 2.99. The van der Waals surface area contributed by atoms with Crippen molar-refractivity contribution in [3.8, 4) is 0 Å². The van der Waals surface area contributed by atoms with Gasteiger partial charge in [0.2, 0.25) is 0 Å². The maximum Gasteiger partial charge on any atom is 0.0668 e. The molecule has 0 aliphatic heterocycles. The van der Waals surface area contributed by atoms with E-state index < -0.39 is 0 Å². The fraction of sp³-hybridized carbons (Fsp3) is 0.444. The van der Waals surface area contributed by atoms with Gasteiger partial charge in [0.1, 0.15) is 0 Å². The summed E-state index contributed by atoms with van der Waals surface area (Å²) in [7, 11) is 0. The van der Waals surface area contributed by atoms with Crippen molar-refractivity contribution in [2.45, 2.75) is 51.4 Å². The lowest BCUT2D eigenvalue weighted by atomic mass is 9.91. The van der Waals surface area contributed by atoms with E-state index in [1.807, 2.05) is 0 Å². The van der Waals surface area contributed by atoms with Crippen LogP contribution in [0, 0.1) is 0 Å². The monoisotopic (exact) mass is 266 g/mol. The molecule has 104 valence electrons. The van der Waals surface area contributed by atoms with Crippen molar-refractivity contribution >= 4 is 5.57 Å². The Bertz CT molecular complexity index is 538. The van der Waals surface area contributed by atoms with Crippen LogP contribution < -0.4 is 0 Å². The van der Waals surface area contributed by atoms with Gasteiger partial charge in [0, 0.05) is 0 Å². The van der Waals surface area contributed by atoms with E-state index >= 15 is 0 Å². The summed E-state index contributed by atoms with van der Waals surface area (Å²) in [5, 5.41) is 9.11. The van der Waals surface area contributed by atoms with Crippen molar-refractivity contribution in [2.24, 2.45) is 10.2 Å². The van der Waals surface area contributed by atoms with Crippen molar-refractivity contribution < 1.29 is 0 Å². The lowest BCUT2D eigenvalue weighted by Crippen LogP contribution is -1.98. The first-order valence-electron chi connectivity index (χ1n) is 7.82. The van der Waals surface area contributed by atoms with Crippen molar-refractivity contribution in [1.29, 1.82) is 0 Å². The van der Waals surface area contributed by atoms with Crippen molar-refractivity contribution in [3.63, 3.8) is 0 Å². The van der Waals surface area contributed by atoms with Gasteiger partial charge in [-0.15, -0.1) is 0 Å². The summed E-state index contributed by atoms with van der Waals surface area (Å²) in [6, 6.07) is 10.7. The van der Waals surface area contributed by atoms with Gasteiger partial charge < -0.3 is 0 Å². The molecule has 0 saturated heterocycles. The minimum atomic E-state index is 1.07. The maximum atomic E-state index is 4.60. The van der Waals surface area contributed by atoms with Gasteiger partial charge in [0.15, 0.2) is 0 Å². The third-order valence-corrected chi connectivity index (χ3v) is 4.13. The van der Waals surface area contributed by atoms with E-state index in [0.717, 1.165) is 19.3 Å². The van der Waals surface area contributed by atoms with E-state index in [1.165, 1.54) is 54.6 Å². The van der Waals surface area contributed by atoms with Crippen LogP contribution in [0.4, 0.5) is 0 Å². The standard InChI is InChI=1S/C18H22N2/c1-3-9-15(10-4-1)17-13-7-8-14-18(17)20-19-16-11-5-2-6-12-16/h1,3-4,9-11H,2,5-8,12-14H2. The molecule has 2 heteroatoms. The molecule has 2 aliphatic rings. The minimum Gasteiger partial charge on any atom is -0.156 e. The van der Waals surface area contributed by atoms with Crippen LogP contribution in [0.15, 0.2) is 58.0 Å². The molecule has 20 heavy (non-hydrogen) atoms. The molecule has 2 nitrogen and oxygen atoms in total. The highest BCUT2D eigenvalue weighted by Crippen LogP contribution is 2.33. The smallest absolute Gasteiger partial charge is 0.0668 e. The van der Waals surface area contributed by atoms with Gasteiger partial charge in [-0.1, -0.05) is 36.4 Å². The summed E-state index contributed by atoms with van der Waals surface area (Å²) < 4.78 is 0. The first-order chi connectivity index (χ1) is 9.93. The number of benzene rings is 1. The molecule has 0 spiro atoms. The first kappa shape index (κ1) is 13.3. The van der Waals surface area contributed by atoms with Crippen LogP contribution in [-0.2, 0) is 0 Å². The molecule has 0 amide bonds. The van der Waals surface area contributed by atoms with Gasteiger partial charge in [-0.05, 0) is 62.5 Å². The quantitative estimate of drug-likeness (QED) is 0.610. The third kappa shape index (κ3) is 3.24. The van der Waals surface area contributed by atoms with Crippen LogP contribution in [0.1, 0.15) is 56.9 Å². The van der Waals surface area contributed by atoms with E-state index in [4.69, 9.17) is 0 Å². The summed E-state index contributed by atoms with van der Waals surface area (Å²) in [6.07, 6.45) is 11.8. The average molecular weight is 266 g/mol. The van der Waals surface area contributed by atoms with Gasteiger partial charge in [-0.3, -0.25) is 0 Å². The Kier molecular flexibility index (Phi) is 4.42. The molecule has 3 rings (SSSR count). The van der Waals surface area contributed by atoms with Crippen LogP contribution in [0.25, 0.3) is 5.57 Å². The minimum absolute atomic E-state index is 1.07. The van der Waals surface area contributed by atoms with Crippen molar-refractivity contribution in [3.05, 3.63) is 53.4 Å². The molecule has 2 aliphatic carbocycles. The Morgan fingerprint density at radius 3 is 2.35 bits per heavy atom. The molecule has 0 N–H and O–H groups in total. The number of hydrogen-bond donors (Lipinski definition) is 0. The van der Waals surface area contributed by atoms with Crippen LogP contribution in [0.2, 0.25) is 0 Å². The van der Waals surface area contributed by atoms with Gasteiger partial charge >= 0.3 is 0 Å². The summed E-state index contributed by atoms with van der Waals surface area (Å²) >= 11 is 0. The van der Waals surface area contributed by atoms with Crippen LogP contribution in [0.3, 0.4) is 0 Å². The summed E-state index contributed by atoms with van der Waals surface area (Å²) in [6.45, 7) is 0. The van der Waals surface area contributed by atoms with Crippen LogP contribution in [-0.4, -0.2) is 0 Å². The van der Waals surface area contributed by atoms with E-state index in [0.29, 0.717) is 0 Å². The normalized spacial score (nSPS) is 20.3. The largest absolute Gasteiger partial charge is 0.156 e. The van der Waals surface area contributed by atoms with E-state index in [9.17, 15) is 0 Å². The summed E-state index contributed by atoms with van der Waals surface area (Å²) in [5.74, 6) is 0. The van der Waals surface area contributed by atoms with Crippen LogP contribution in [0.5, 0.6) is 0 Å². The van der Waals surface area contributed by atoms with E-state index in [1.54, 1.807) is 0 Å². The lowest BCUT2D eigenvalue weighted by Gasteiger charge is -2.17. The predicted molar refractivity (Wildman–Crippen MR) is 83.2 cm³/mol. The Morgan fingerprint density at radius 1 is 0.750 bits per heavy atom. The predicted octanol–water partition coefficient (Wildman–Crippen LogP) is 5.88. The molecule has 1 aromatic rings.